The minimum Gasteiger partial charge on any atom is -0.375 e. The molecule has 0 aliphatic carbocycles. The summed E-state index contributed by atoms with van der Waals surface area (Å²) >= 11 is 0. The van der Waals surface area contributed by atoms with Crippen LogP contribution in [0.4, 0.5) is 17.6 Å². The van der Waals surface area contributed by atoms with Crippen LogP contribution in [0.15, 0.2) is 78.9 Å². The molecule has 0 unspecified atom stereocenters. The third kappa shape index (κ3) is 6.76. The lowest BCUT2D eigenvalue weighted by Crippen LogP contribution is -2.49. The van der Waals surface area contributed by atoms with Gasteiger partial charge >= 0.3 is 6.18 Å². The molecule has 4 nitrogen and oxygen atoms in total. The first kappa shape index (κ1) is 26.8. The number of hydrogen-bond acceptors (Lipinski definition) is 3. The summed E-state index contributed by atoms with van der Waals surface area (Å²) in [6.45, 7) is 0.600. The molecule has 1 saturated heterocycles. The van der Waals surface area contributed by atoms with Crippen LogP contribution in [0.1, 0.15) is 34.6 Å². The van der Waals surface area contributed by atoms with Gasteiger partial charge in [-0.1, -0.05) is 60.7 Å². The molecular formula is C29H29F4NO3. The molecule has 0 bridgehead atoms. The van der Waals surface area contributed by atoms with Crippen LogP contribution in [0, 0.1) is 11.7 Å². The minimum absolute atomic E-state index is 0.0386. The molecule has 0 radical (unpaired) electrons. The average Bonchev–Trinajstić information content (AvgIpc) is 2.88. The molecule has 0 aromatic heterocycles. The Balaban J connectivity index is 1.66. The summed E-state index contributed by atoms with van der Waals surface area (Å²) in [6, 6.07) is 22.2. The minimum atomic E-state index is -4.65. The fourth-order valence-corrected chi connectivity index (χ4v) is 5.04. The van der Waals surface area contributed by atoms with Crippen molar-refractivity contribution in [3.63, 3.8) is 0 Å². The van der Waals surface area contributed by atoms with Gasteiger partial charge in [-0.3, -0.25) is 4.79 Å². The second kappa shape index (κ2) is 11.9. The van der Waals surface area contributed by atoms with Crippen molar-refractivity contribution < 1.29 is 31.8 Å². The van der Waals surface area contributed by atoms with E-state index in [1.165, 1.54) is 7.11 Å². The normalized spacial score (nSPS) is 18.3. The van der Waals surface area contributed by atoms with E-state index in [1.54, 1.807) is 4.90 Å². The number of carbonyl (C=O) groups excluding carboxylic acids is 1. The van der Waals surface area contributed by atoms with Crippen LogP contribution in [0.2, 0.25) is 0 Å². The molecule has 1 amide bonds. The van der Waals surface area contributed by atoms with E-state index >= 15 is 0 Å². The maximum absolute atomic E-state index is 14.0. The quantitative estimate of drug-likeness (QED) is 0.343. The van der Waals surface area contributed by atoms with Gasteiger partial charge in [-0.05, 0) is 41.3 Å². The summed E-state index contributed by atoms with van der Waals surface area (Å²) in [5, 5.41) is 0. The first-order valence-electron chi connectivity index (χ1n) is 12.1. The number of amides is 1. The second-order valence-electron chi connectivity index (χ2n) is 9.22. The number of carbonyl (C=O) groups is 1. The molecule has 4 rings (SSSR count). The zero-order chi connectivity index (χ0) is 26.4. The molecule has 0 spiro atoms. The van der Waals surface area contributed by atoms with Gasteiger partial charge in [0.15, 0.2) is 0 Å². The fourth-order valence-electron chi connectivity index (χ4n) is 5.04. The number of rotatable bonds is 8. The van der Waals surface area contributed by atoms with Crippen LogP contribution >= 0.6 is 0 Å². The number of piperidine rings is 1. The maximum atomic E-state index is 14.0. The molecule has 1 heterocycles. The van der Waals surface area contributed by atoms with E-state index < -0.39 is 17.6 Å². The average molecular weight is 516 g/mol. The summed E-state index contributed by atoms with van der Waals surface area (Å²) in [4.78, 5) is 14.5. The van der Waals surface area contributed by atoms with Gasteiger partial charge in [-0.25, -0.2) is 4.39 Å². The van der Waals surface area contributed by atoms with Gasteiger partial charge in [-0.2, -0.15) is 13.2 Å². The molecule has 0 saturated carbocycles. The topological polar surface area (TPSA) is 38.8 Å². The maximum Gasteiger partial charge on any atom is 0.416 e. The highest BCUT2D eigenvalue weighted by atomic mass is 19.4. The standard InChI is InChI=1S/C29H29F4NO3/c1-36-19-27(35)34-13-12-26(37-18-20-14-23(29(31,32)33)16-24(30)15-20)25(17-34)28(21-8-4-2-5-9-21)22-10-6-3-7-11-22/h2-11,14-16,25-26,28H,12-13,17-19H2,1H3/t25-,26+/m1/s1. The Morgan fingerprint density at radius 1 is 1.00 bits per heavy atom. The van der Waals surface area contributed by atoms with Crippen molar-refractivity contribution in [2.24, 2.45) is 5.92 Å². The molecule has 0 N–H and O–H groups in total. The van der Waals surface area contributed by atoms with Crippen molar-refractivity contribution in [2.75, 3.05) is 26.8 Å². The summed E-state index contributed by atoms with van der Waals surface area (Å²) < 4.78 is 64.9. The van der Waals surface area contributed by atoms with Crippen LogP contribution < -0.4 is 0 Å². The molecule has 196 valence electrons. The zero-order valence-electron chi connectivity index (χ0n) is 20.5. The largest absolute Gasteiger partial charge is 0.416 e. The van der Waals surface area contributed by atoms with E-state index in [2.05, 4.69) is 0 Å². The first-order valence-corrected chi connectivity index (χ1v) is 12.1. The highest BCUT2D eigenvalue weighted by molar-refractivity contribution is 5.77. The lowest BCUT2D eigenvalue weighted by Gasteiger charge is -2.42. The molecule has 2 atom stereocenters. The lowest BCUT2D eigenvalue weighted by molar-refractivity contribution is -0.140. The number of methoxy groups -OCH3 is 1. The number of ether oxygens (including phenoxy) is 2. The van der Waals surface area contributed by atoms with E-state index in [0.717, 1.165) is 23.3 Å². The number of benzene rings is 3. The number of likely N-dealkylation sites (tertiary alicyclic amines) is 1. The van der Waals surface area contributed by atoms with Crippen LogP contribution in [0.25, 0.3) is 0 Å². The predicted octanol–water partition coefficient (Wildman–Crippen LogP) is 6.06. The first-order chi connectivity index (χ1) is 17.8. The van der Waals surface area contributed by atoms with Gasteiger partial charge in [0.1, 0.15) is 12.4 Å². The Labute approximate surface area is 213 Å². The SMILES string of the molecule is COCC(=O)N1CC[C@H](OCc2cc(F)cc(C(F)(F)F)c2)[C@H](C(c2ccccc2)c2ccccc2)C1. The molecule has 3 aromatic rings. The number of hydrogen-bond donors (Lipinski definition) is 0. The molecule has 37 heavy (non-hydrogen) atoms. The van der Waals surface area contributed by atoms with Gasteiger partial charge in [0.25, 0.3) is 0 Å². The number of halogens is 4. The Morgan fingerprint density at radius 3 is 2.19 bits per heavy atom. The Bertz CT molecular complexity index is 1130. The molecule has 3 aromatic carbocycles. The summed E-state index contributed by atoms with van der Waals surface area (Å²) in [5.74, 6) is -1.43. The zero-order valence-corrected chi connectivity index (χ0v) is 20.5. The van der Waals surface area contributed by atoms with Crippen LogP contribution in [0.3, 0.4) is 0 Å². The Kier molecular flexibility index (Phi) is 8.61. The monoisotopic (exact) mass is 515 g/mol. The van der Waals surface area contributed by atoms with E-state index in [4.69, 9.17) is 9.47 Å². The van der Waals surface area contributed by atoms with E-state index in [-0.39, 0.29) is 42.6 Å². The second-order valence-corrected chi connectivity index (χ2v) is 9.22. The third-order valence-corrected chi connectivity index (χ3v) is 6.71. The smallest absolute Gasteiger partial charge is 0.375 e. The van der Waals surface area contributed by atoms with E-state index in [9.17, 15) is 22.4 Å². The van der Waals surface area contributed by atoms with E-state index in [0.29, 0.717) is 25.6 Å². The van der Waals surface area contributed by atoms with Crippen LogP contribution in [0.5, 0.6) is 0 Å². The number of nitrogens with zero attached hydrogens (tertiary/aromatic N) is 1. The summed E-state index contributed by atoms with van der Waals surface area (Å²) in [6.07, 6.45) is -4.55. The predicted molar refractivity (Wildman–Crippen MR) is 131 cm³/mol. The third-order valence-electron chi connectivity index (χ3n) is 6.71. The van der Waals surface area contributed by atoms with Gasteiger partial charge in [0, 0.05) is 32.0 Å². The fraction of sp³-hybridized carbons (Fsp3) is 0.345. The van der Waals surface area contributed by atoms with Gasteiger partial charge < -0.3 is 14.4 Å². The molecule has 1 fully saturated rings. The van der Waals surface area contributed by atoms with E-state index in [1.807, 2.05) is 60.7 Å². The molecule has 1 aliphatic rings. The van der Waals surface area contributed by atoms with Crippen molar-refractivity contribution in [2.45, 2.75) is 31.2 Å². The lowest BCUT2D eigenvalue weighted by atomic mass is 9.75. The highest BCUT2D eigenvalue weighted by Gasteiger charge is 2.39. The van der Waals surface area contributed by atoms with Crippen molar-refractivity contribution in [3.05, 3.63) is 107 Å². The van der Waals surface area contributed by atoms with Gasteiger partial charge in [-0.15, -0.1) is 0 Å². The Hall–Kier alpha value is -3.23. The summed E-state index contributed by atoms with van der Waals surface area (Å²) in [7, 11) is 1.47. The highest BCUT2D eigenvalue weighted by Crippen LogP contribution is 2.39. The molecule has 1 aliphatic heterocycles. The van der Waals surface area contributed by atoms with Crippen LogP contribution in [-0.2, 0) is 27.1 Å². The van der Waals surface area contributed by atoms with Crippen molar-refractivity contribution >= 4 is 5.91 Å². The molecular weight excluding hydrogens is 486 g/mol. The number of alkyl halides is 3. The van der Waals surface area contributed by atoms with Crippen molar-refractivity contribution in [1.29, 1.82) is 0 Å². The summed E-state index contributed by atoms with van der Waals surface area (Å²) in [5.41, 5.74) is 1.14. The van der Waals surface area contributed by atoms with Crippen LogP contribution in [-0.4, -0.2) is 43.7 Å². The van der Waals surface area contributed by atoms with Crippen molar-refractivity contribution in [1.82, 2.24) is 4.90 Å². The molecule has 8 heteroatoms. The van der Waals surface area contributed by atoms with Gasteiger partial charge in [0.2, 0.25) is 5.91 Å². The van der Waals surface area contributed by atoms with Gasteiger partial charge in [0.05, 0.1) is 18.3 Å². The van der Waals surface area contributed by atoms with Crippen molar-refractivity contribution in [3.8, 4) is 0 Å². The Morgan fingerprint density at radius 2 is 1.62 bits per heavy atom.